The summed E-state index contributed by atoms with van der Waals surface area (Å²) >= 11 is 3.53. The van der Waals surface area contributed by atoms with E-state index in [2.05, 4.69) is 47.1 Å². The molecule has 0 saturated heterocycles. The molecule has 0 heterocycles. The molecule has 0 aliphatic heterocycles. The van der Waals surface area contributed by atoms with Crippen LogP contribution in [0.1, 0.15) is 24.5 Å². The summed E-state index contributed by atoms with van der Waals surface area (Å²) in [5.41, 5.74) is 2.12. The van der Waals surface area contributed by atoms with Crippen LogP contribution in [-0.4, -0.2) is 18.8 Å². The number of aliphatic hydroxyl groups excluding tert-OH is 1. The first kappa shape index (κ1) is 16.1. The van der Waals surface area contributed by atoms with Gasteiger partial charge in [-0.05, 0) is 52.0 Å². The molecule has 0 aromatic heterocycles. The zero-order valence-corrected chi connectivity index (χ0v) is 14.1. The lowest BCUT2D eigenvalue weighted by atomic mass is 9.74. The van der Waals surface area contributed by atoms with Gasteiger partial charge in [-0.3, -0.25) is 0 Å². The molecule has 2 nitrogen and oxygen atoms in total. The number of benzene rings is 2. The molecule has 3 heteroatoms. The van der Waals surface area contributed by atoms with Crippen molar-refractivity contribution in [3.8, 4) is 5.75 Å². The van der Waals surface area contributed by atoms with Gasteiger partial charge in [0, 0.05) is 5.41 Å². The van der Waals surface area contributed by atoms with E-state index >= 15 is 0 Å². The second-order valence-electron chi connectivity index (χ2n) is 5.30. The Morgan fingerprint density at radius 1 is 1.14 bits per heavy atom. The van der Waals surface area contributed by atoms with Gasteiger partial charge in [0.1, 0.15) is 5.75 Å². The summed E-state index contributed by atoms with van der Waals surface area (Å²) in [4.78, 5) is 0. The van der Waals surface area contributed by atoms with Crippen LogP contribution in [0.4, 0.5) is 0 Å². The quantitative estimate of drug-likeness (QED) is 0.841. The summed E-state index contributed by atoms with van der Waals surface area (Å²) in [6.45, 7) is 2.26. The fraction of sp³-hybridized carbons (Fsp3) is 0.333. The number of methoxy groups -OCH3 is 1. The molecule has 0 saturated carbocycles. The standard InChI is InChI=1S/C18H21BrO2/c1-3-18(13-20,15-7-5-4-6-8-15)12-14-9-10-17(21-2)16(19)11-14/h4-11,20H,3,12-13H2,1-2H3. The third-order valence-corrected chi connectivity index (χ3v) is 4.74. The van der Waals surface area contributed by atoms with E-state index < -0.39 is 0 Å². The summed E-state index contributed by atoms with van der Waals surface area (Å²) < 4.78 is 6.21. The number of aliphatic hydroxyl groups is 1. The summed E-state index contributed by atoms with van der Waals surface area (Å²) in [5.74, 6) is 0.824. The van der Waals surface area contributed by atoms with E-state index in [1.165, 1.54) is 11.1 Å². The highest BCUT2D eigenvalue weighted by Crippen LogP contribution is 2.34. The lowest BCUT2D eigenvalue weighted by Gasteiger charge is -2.31. The highest BCUT2D eigenvalue weighted by molar-refractivity contribution is 9.10. The SMILES string of the molecule is CCC(CO)(Cc1ccc(OC)c(Br)c1)c1ccccc1. The lowest BCUT2D eigenvalue weighted by Crippen LogP contribution is -2.32. The van der Waals surface area contributed by atoms with Crippen molar-refractivity contribution in [2.45, 2.75) is 25.2 Å². The zero-order chi connectivity index (χ0) is 15.3. The second kappa shape index (κ2) is 7.10. The monoisotopic (exact) mass is 348 g/mol. The molecule has 0 bridgehead atoms. The van der Waals surface area contributed by atoms with E-state index in [4.69, 9.17) is 4.74 Å². The van der Waals surface area contributed by atoms with Gasteiger partial charge >= 0.3 is 0 Å². The zero-order valence-electron chi connectivity index (χ0n) is 12.5. The van der Waals surface area contributed by atoms with E-state index in [-0.39, 0.29) is 12.0 Å². The van der Waals surface area contributed by atoms with Crippen LogP contribution in [0, 0.1) is 0 Å². The van der Waals surface area contributed by atoms with Gasteiger partial charge in [0.25, 0.3) is 0 Å². The van der Waals surface area contributed by atoms with Crippen LogP contribution in [0.3, 0.4) is 0 Å². The van der Waals surface area contributed by atoms with Crippen molar-refractivity contribution in [2.24, 2.45) is 0 Å². The normalized spacial score (nSPS) is 13.7. The smallest absolute Gasteiger partial charge is 0.133 e. The van der Waals surface area contributed by atoms with Gasteiger partial charge in [-0.2, -0.15) is 0 Å². The van der Waals surface area contributed by atoms with E-state index in [0.717, 1.165) is 23.1 Å². The molecule has 2 aromatic carbocycles. The summed E-state index contributed by atoms with van der Waals surface area (Å²) in [7, 11) is 1.66. The van der Waals surface area contributed by atoms with Crippen LogP contribution in [0.2, 0.25) is 0 Å². The highest BCUT2D eigenvalue weighted by atomic mass is 79.9. The summed E-state index contributed by atoms with van der Waals surface area (Å²) in [5, 5.41) is 10.0. The van der Waals surface area contributed by atoms with E-state index in [1.54, 1.807) is 7.11 Å². The Labute approximate surface area is 134 Å². The molecule has 0 radical (unpaired) electrons. The van der Waals surface area contributed by atoms with Gasteiger partial charge < -0.3 is 9.84 Å². The number of halogens is 1. The van der Waals surface area contributed by atoms with Crippen molar-refractivity contribution < 1.29 is 9.84 Å². The van der Waals surface area contributed by atoms with Crippen molar-refractivity contribution in [3.63, 3.8) is 0 Å². The van der Waals surface area contributed by atoms with E-state index in [1.807, 2.05) is 24.3 Å². The number of hydrogen-bond donors (Lipinski definition) is 1. The third-order valence-electron chi connectivity index (χ3n) is 4.12. The third kappa shape index (κ3) is 3.47. The van der Waals surface area contributed by atoms with E-state index in [0.29, 0.717) is 0 Å². The molecular formula is C18H21BrO2. The van der Waals surface area contributed by atoms with Crippen LogP contribution >= 0.6 is 15.9 Å². The van der Waals surface area contributed by atoms with Gasteiger partial charge in [-0.1, -0.05) is 43.3 Å². The molecule has 21 heavy (non-hydrogen) atoms. The van der Waals surface area contributed by atoms with Crippen LogP contribution < -0.4 is 4.74 Å². The first-order valence-corrected chi connectivity index (χ1v) is 7.93. The topological polar surface area (TPSA) is 29.5 Å². The number of ether oxygens (including phenoxy) is 1. The molecule has 0 aliphatic rings. The Morgan fingerprint density at radius 3 is 2.38 bits per heavy atom. The van der Waals surface area contributed by atoms with Gasteiger partial charge in [-0.15, -0.1) is 0 Å². The predicted octanol–water partition coefficient (Wildman–Crippen LogP) is 4.34. The van der Waals surface area contributed by atoms with Gasteiger partial charge in [-0.25, -0.2) is 0 Å². The van der Waals surface area contributed by atoms with Crippen LogP contribution in [0.5, 0.6) is 5.75 Å². The molecular weight excluding hydrogens is 328 g/mol. The average Bonchev–Trinajstić information content (AvgIpc) is 2.54. The van der Waals surface area contributed by atoms with Crippen LogP contribution in [-0.2, 0) is 11.8 Å². The Morgan fingerprint density at radius 2 is 1.86 bits per heavy atom. The van der Waals surface area contributed by atoms with E-state index in [9.17, 15) is 5.11 Å². The first-order valence-electron chi connectivity index (χ1n) is 7.14. The first-order chi connectivity index (χ1) is 10.1. The van der Waals surface area contributed by atoms with Crippen molar-refractivity contribution in [1.82, 2.24) is 0 Å². The minimum absolute atomic E-state index is 0.136. The molecule has 2 rings (SSSR count). The summed E-state index contributed by atoms with van der Waals surface area (Å²) in [6.07, 6.45) is 1.68. The maximum absolute atomic E-state index is 10.0. The minimum atomic E-state index is -0.241. The predicted molar refractivity (Wildman–Crippen MR) is 89.9 cm³/mol. The number of rotatable bonds is 6. The fourth-order valence-electron chi connectivity index (χ4n) is 2.69. The van der Waals surface area contributed by atoms with Crippen LogP contribution in [0.25, 0.3) is 0 Å². The maximum atomic E-state index is 10.0. The van der Waals surface area contributed by atoms with Gasteiger partial charge in [0.05, 0.1) is 18.2 Å². The molecule has 0 amide bonds. The molecule has 112 valence electrons. The van der Waals surface area contributed by atoms with Crippen molar-refractivity contribution in [1.29, 1.82) is 0 Å². The Bertz CT molecular complexity index is 577. The van der Waals surface area contributed by atoms with Crippen molar-refractivity contribution in [3.05, 3.63) is 64.1 Å². The molecule has 0 aliphatic carbocycles. The highest BCUT2D eigenvalue weighted by Gasteiger charge is 2.30. The molecule has 0 fully saturated rings. The Balaban J connectivity index is 2.34. The molecule has 1 N–H and O–H groups in total. The van der Waals surface area contributed by atoms with Crippen molar-refractivity contribution in [2.75, 3.05) is 13.7 Å². The maximum Gasteiger partial charge on any atom is 0.133 e. The van der Waals surface area contributed by atoms with Gasteiger partial charge in [0.2, 0.25) is 0 Å². The minimum Gasteiger partial charge on any atom is -0.496 e. The summed E-state index contributed by atoms with van der Waals surface area (Å²) in [6, 6.07) is 16.3. The Hall–Kier alpha value is -1.32. The molecule has 1 unspecified atom stereocenters. The number of hydrogen-bond acceptors (Lipinski definition) is 2. The molecule has 1 atom stereocenters. The molecule has 2 aromatic rings. The van der Waals surface area contributed by atoms with Gasteiger partial charge in [0.15, 0.2) is 0 Å². The van der Waals surface area contributed by atoms with Crippen molar-refractivity contribution >= 4 is 15.9 Å². The average molecular weight is 349 g/mol. The lowest BCUT2D eigenvalue weighted by molar-refractivity contribution is 0.186. The second-order valence-corrected chi connectivity index (χ2v) is 6.16. The Kier molecular flexibility index (Phi) is 5.43. The fourth-order valence-corrected chi connectivity index (χ4v) is 3.28. The largest absolute Gasteiger partial charge is 0.496 e. The van der Waals surface area contributed by atoms with Crippen LogP contribution in [0.15, 0.2) is 53.0 Å². The molecule has 0 spiro atoms.